The Balaban J connectivity index is 2.67. The minimum Gasteiger partial charge on any atom is -0.349 e. The first-order valence-corrected chi connectivity index (χ1v) is 4.39. The van der Waals surface area contributed by atoms with Crippen LogP contribution in [-0.4, -0.2) is 9.91 Å². The Morgan fingerprint density at radius 2 is 2.15 bits per heavy atom. The van der Waals surface area contributed by atoms with Gasteiger partial charge in [0.25, 0.3) is 5.69 Å². The Kier molecular flexibility index (Phi) is 1.81. The highest BCUT2D eigenvalue weighted by Crippen LogP contribution is 2.23. The summed E-state index contributed by atoms with van der Waals surface area (Å²) in [6.45, 7) is 0. The first-order valence-electron chi connectivity index (χ1n) is 3.59. The number of fused-ring (bicyclic) bond motifs is 1. The first kappa shape index (κ1) is 8.25. The fraction of sp³-hybridized carbons (Fsp3) is 0. The van der Waals surface area contributed by atoms with E-state index in [9.17, 15) is 10.1 Å². The van der Waals surface area contributed by atoms with Crippen molar-refractivity contribution < 1.29 is 4.92 Å². The summed E-state index contributed by atoms with van der Waals surface area (Å²) in [4.78, 5) is 13.0. The second kappa shape index (κ2) is 2.85. The van der Waals surface area contributed by atoms with Crippen LogP contribution >= 0.6 is 15.9 Å². The number of hydrogen-bond acceptors (Lipinski definition) is 2. The minimum atomic E-state index is -0.409. The highest BCUT2D eigenvalue weighted by atomic mass is 79.9. The molecule has 5 heteroatoms. The molecule has 0 radical (unpaired) electrons. The number of hydrogen-bond donors (Lipinski definition) is 1. The molecule has 4 nitrogen and oxygen atoms in total. The Bertz CT molecular complexity index is 478. The van der Waals surface area contributed by atoms with Crippen molar-refractivity contribution in [3.63, 3.8) is 0 Å². The van der Waals surface area contributed by atoms with E-state index in [0.717, 1.165) is 15.5 Å². The van der Waals surface area contributed by atoms with Gasteiger partial charge in [-0.1, -0.05) is 0 Å². The topological polar surface area (TPSA) is 58.9 Å². The van der Waals surface area contributed by atoms with E-state index in [-0.39, 0.29) is 5.69 Å². The lowest BCUT2D eigenvalue weighted by atomic mass is 10.2. The quantitative estimate of drug-likeness (QED) is 0.616. The number of nitrogens with zero attached hydrogens (tertiary/aromatic N) is 1. The van der Waals surface area contributed by atoms with Crippen molar-refractivity contribution in [3.05, 3.63) is 39.0 Å². The molecule has 1 aromatic carbocycles. The normalized spacial score (nSPS) is 10.5. The zero-order valence-electron chi connectivity index (χ0n) is 6.45. The molecule has 2 aromatic rings. The van der Waals surface area contributed by atoms with Gasteiger partial charge >= 0.3 is 0 Å². The van der Waals surface area contributed by atoms with Crippen molar-refractivity contribution >= 4 is 32.5 Å². The molecule has 66 valence electrons. The van der Waals surface area contributed by atoms with E-state index in [2.05, 4.69) is 20.9 Å². The molecule has 13 heavy (non-hydrogen) atoms. The zero-order valence-corrected chi connectivity index (χ0v) is 8.04. The lowest BCUT2D eigenvalue weighted by Gasteiger charge is -1.90. The second-order valence-corrected chi connectivity index (χ2v) is 3.50. The molecular formula is C8H5BrN2O2. The fourth-order valence-electron chi connectivity index (χ4n) is 1.19. The van der Waals surface area contributed by atoms with E-state index in [1.807, 2.05) is 6.07 Å². The van der Waals surface area contributed by atoms with Crippen LogP contribution in [0.3, 0.4) is 0 Å². The standard InChI is InChI=1S/C8H5BrN2O2/c9-8-3-5-1-2-6(11(12)13)4-7(5)10-8/h1-4,10H. The van der Waals surface area contributed by atoms with Crippen molar-refractivity contribution in [2.45, 2.75) is 0 Å². The summed E-state index contributed by atoms with van der Waals surface area (Å²) in [5, 5.41) is 11.4. The van der Waals surface area contributed by atoms with E-state index in [1.165, 1.54) is 12.1 Å². The number of halogens is 1. The molecule has 1 aromatic heterocycles. The first-order chi connectivity index (χ1) is 6.16. The maximum atomic E-state index is 10.4. The molecule has 0 aliphatic carbocycles. The van der Waals surface area contributed by atoms with Gasteiger partial charge in [0.15, 0.2) is 0 Å². The van der Waals surface area contributed by atoms with Crippen LogP contribution in [0.2, 0.25) is 0 Å². The van der Waals surface area contributed by atoms with Gasteiger partial charge in [0.05, 0.1) is 15.0 Å². The van der Waals surface area contributed by atoms with Crippen LogP contribution in [0.4, 0.5) is 5.69 Å². The molecule has 0 spiro atoms. The van der Waals surface area contributed by atoms with Crippen LogP contribution in [0.5, 0.6) is 0 Å². The Hall–Kier alpha value is -1.36. The Labute approximate surface area is 81.8 Å². The van der Waals surface area contributed by atoms with Crippen molar-refractivity contribution in [1.29, 1.82) is 0 Å². The van der Waals surface area contributed by atoms with Gasteiger partial charge < -0.3 is 4.98 Å². The number of nitro groups is 1. The third-order valence-electron chi connectivity index (χ3n) is 1.78. The third kappa shape index (κ3) is 1.42. The molecule has 0 amide bonds. The molecule has 0 saturated carbocycles. The predicted octanol–water partition coefficient (Wildman–Crippen LogP) is 2.84. The van der Waals surface area contributed by atoms with E-state index in [1.54, 1.807) is 6.07 Å². The number of aromatic amines is 1. The molecule has 0 atom stereocenters. The third-order valence-corrected chi connectivity index (χ3v) is 2.21. The largest absolute Gasteiger partial charge is 0.349 e. The predicted molar refractivity (Wildman–Crippen MR) is 52.7 cm³/mol. The number of nitro benzene ring substituents is 1. The SMILES string of the molecule is O=[N+]([O-])c1ccc2cc(Br)[nH]c2c1. The monoisotopic (exact) mass is 240 g/mol. The van der Waals surface area contributed by atoms with Crippen LogP contribution < -0.4 is 0 Å². The highest BCUT2D eigenvalue weighted by Gasteiger charge is 2.06. The van der Waals surface area contributed by atoms with Crippen LogP contribution in [0.15, 0.2) is 28.9 Å². The number of H-pyrrole nitrogens is 1. The van der Waals surface area contributed by atoms with Gasteiger partial charge in [-0.15, -0.1) is 0 Å². The molecule has 0 aliphatic rings. The fourth-order valence-corrected chi connectivity index (χ4v) is 1.65. The van der Waals surface area contributed by atoms with Crippen LogP contribution in [0, 0.1) is 10.1 Å². The van der Waals surface area contributed by atoms with Crippen LogP contribution in [-0.2, 0) is 0 Å². The Morgan fingerprint density at radius 3 is 2.85 bits per heavy atom. The summed E-state index contributed by atoms with van der Waals surface area (Å²) < 4.78 is 0.822. The Morgan fingerprint density at radius 1 is 1.38 bits per heavy atom. The molecule has 0 fully saturated rings. The van der Waals surface area contributed by atoms with Crippen molar-refractivity contribution in [3.8, 4) is 0 Å². The summed E-state index contributed by atoms with van der Waals surface area (Å²) in [6.07, 6.45) is 0. The molecule has 0 unspecified atom stereocenters. The number of nitrogens with one attached hydrogen (secondary N) is 1. The maximum absolute atomic E-state index is 10.4. The number of non-ortho nitro benzene ring substituents is 1. The van der Waals surface area contributed by atoms with Gasteiger partial charge in [-0.2, -0.15) is 0 Å². The van der Waals surface area contributed by atoms with Crippen molar-refractivity contribution in [2.24, 2.45) is 0 Å². The lowest BCUT2D eigenvalue weighted by Crippen LogP contribution is -1.86. The number of rotatable bonds is 1. The smallest absolute Gasteiger partial charge is 0.271 e. The zero-order chi connectivity index (χ0) is 9.42. The molecule has 0 bridgehead atoms. The minimum absolute atomic E-state index is 0.0989. The van der Waals surface area contributed by atoms with E-state index < -0.39 is 4.92 Å². The second-order valence-electron chi connectivity index (χ2n) is 2.65. The summed E-state index contributed by atoms with van der Waals surface area (Å²) in [7, 11) is 0. The highest BCUT2D eigenvalue weighted by molar-refractivity contribution is 9.10. The van der Waals surface area contributed by atoms with Gasteiger partial charge in [-0.3, -0.25) is 10.1 Å². The van der Waals surface area contributed by atoms with Crippen molar-refractivity contribution in [2.75, 3.05) is 0 Å². The van der Waals surface area contributed by atoms with Gasteiger partial charge in [0.2, 0.25) is 0 Å². The molecule has 0 aliphatic heterocycles. The van der Waals surface area contributed by atoms with E-state index >= 15 is 0 Å². The van der Waals surface area contributed by atoms with Crippen LogP contribution in [0.25, 0.3) is 10.9 Å². The maximum Gasteiger partial charge on any atom is 0.271 e. The molecule has 0 saturated heterocycles. The molecule has 1 N–H and O–H groups in total. The van der Waals surface area contributed by atoms with E-state index in [0.29, 0.717) is 0 Å². The number of benzene rings is 1. The van der Waals surface area contributed by atoms with Crippen LogP contribution in [0.1, 0.15) is 0 Å². The molecule has 2 rings (SSSR count). The average molecular weight is 241 g/mol. The van der Waals surface area contributed by atoms with Gasteiger partial charge in [-0.25, -0.2) is 0 Å². The average Bonchev–Trinajstić information content (AvgIpc) is 2.42. The van der Waals surface area contributed by atoms with Crippen molar-refractivity contribution in [1.82, 2.24) is 4.98 Å². The summed E-state index contributed by atoms with van der Waals surface area (Å²) in [6, 6.07) is 6.59. The molecule has 1 heterocycles. The van der Waals surface area contributed by atoms with Gasteiger partial charge in [-0.05, 0) is 28.1 Å². The van der Waals surface area contributed by atoms with Gasteiger partial charge in [0.1, 0.15) is 0 Å². The summed E-state index contributed by atoms with van der Waals surface area (Å²) >= 11 is 3.26. The summed E-state index contributed by atoms with van der Waals surface area (Å²) in [5.41, 5.74) is 0.864. The molecular weight excluding hydrogens is 236 g/mol. The lowest BCUT2D eigenvalue weighted by molar-refractivity contribution is -0.384. The van der Waals surface area contributed by atoms with E-state index in [4.69, 9.17) is 0 Å². The summed E-state index contributed by atoms with van der Waals surface area (Å²) in [5.74, 6) is 0. The number of aromatic nitrogens is 1. The van der Waals surface area contributed by atoms with Gasteiger partial charge in [0, 0.05) is 17.5 Å².